The molecule has 0 saturated carbocycles. The minimum absolute atomic E-state index is 0.681. The molecule has 2 aromatic heterocycles. The quantitative estimate of drug-likeness (QED) is 0.589. The van der Waals surface area contributed by atoms with Gasteiger partial charge in [0.2, 0.25) is 0 Å². The van der Waals surface area contributed by atoms with E-state index in [0.29, 0.717) is 4.88 Å². The van der Waals surface area contributed by atoms with Crippen LogP contribution in [0.5, 0.6) is 0 Å². The van der Waals surface area contributed by atoms with E-state index in [-0.39, 0.29) is 0 Å². The topological polar surface area (TPSA) is 49.6 Å². The molecule has 0 aliphatic rings. The van der Waals surface area contributed by atoms with E-state index >= 15 is 0 Å². The van der Waals surface area contributed by atoms with Crippen LogP contribution in [0.15, 0.2) is 18.3 Å². The summed E-state index contributed by atoms with van der Waals surface area (Å²) in [4.78, 5) is 1.50. The Balaban J connectivity index is 2.81. The Labute approximate surface area is 66.9 Å². The molecule has 2 rings (SSSR count). The Bertz CT molecular complexity index is 393. The van der Waals surface area contributed by atoms with Crippen LogP contribution < -0.4 is 0 Å². The van der Waals surface area contributed by atoms with Gasteiger partial charge >= 0.3 is 0 Å². The van der Waals surface area contributed by atoms with Gasteiger partial charge in [-0.15, -0.1) is 16.4 Å². The molecule has 0 spiro atoms. The molecule has 0 amide bonds. The van der Waals surface area contributed by atoms with Crippen molar-refractivity contribution in [3.8, 4) is 6.07 Å². The Morgan fingerprint density at radius 2 is 2.45 bits per heavy atom. The first-order chi connectivity index (χ1) is 5.40. The summed E-state index contributed by atoms with van der Waals surface area (Å²) in [5.74, 6) is 0. The Kier molecular flexibility index (Phi) is 1.30. The molecule has 2 heterocycles. The van der Waals surface area contributed by atoms with Crippen LogP contribution in [-0.4, -0.2) is 10.2 Å². The highest BCUT2D eigenvalue weighted by atomic mass is 32.1. The molecule has 0 N–H and O–H groups in total. The molecule has 0 saturated heterocycles. The lowest BCUT2D eigenvalue weighted by Gasteiger charge is -1.80. The van der Waals surface area contributed by atoms with Crippen molar-refractivity contribution in [1.82, 2.24) is 10.2 Å². The fourth-order valence-electron chi connectivity index (χ4n) is 0.848. The van der Waals surface area contributed by atoms with Gasteiger partial charge in [0.25, 0.3) is 0 Å². The second-order valence-electron chi connectivity index (χ2n) is 2.01. The van der Waals surface area contributed by atoms with Gasteiger partial charge in [0.1, 0.15) is 15.8 Å². The van der Waals surface area contributed by atoms with Gasteiger partial charge in [-0.2, -0.15) is 10.4 Å². The number of nitrogens with zero attached hydrogens (tertiary/aromatic N) is 3. The van der Waals surface area contributed by atoms with Crippen molar-refractivity contribution >= 4 is 21.6 Å². The van der Waals surface area contributed by atoms with E-state index in [1.54, 1.807) is 6.20 Å². The van der Waals surface area contributed by atoms with Crippen molar-refractivity contribution in [1.29, 1.82) is 5.26 Å². The van der Waals surface area contributed by atoms with Gasteiger partial charge in [0.15, 0.2) is 0 Å². The molecule has 0 radical (unpaired) electrons. The van der Waals surface area contributed by atoms with E-state index in [1.165, 1.54) is 11.3 Å². The van der Waals surface area contributed by atoms with E-state index in [9.17, 15) is 0 Å². The van der Waals surface area contributed by atoms with Gasteiger partial charge in [0.05, 0.1) is 6.20 Å². The predicted octanol–water partition coefficient (Wildman–Crippen LogP) is 1.56. The highest BCUT2D eigenvalue weighted by Gasteiger charge is 1.99. The van der Waals surface area contributed by atoms with Crippen LogP contribution >= 0.6 is 11.3 Å². The number of thiophene rings is 1. The second kappa shape index (κ2) is 2.29. The van der Waals surface area contributed by atoms with Gasteiger partial charge in [-0.1, -0.05) is 0 Å². The maximum absolute atomic E-state index is 8.55. The largest absolute Gasteiger partial charge is 0.192 e. The first-order valence-corrected chi connectivity index (χ1v) is 3.83. The van der Waals surface area contributed by atoms with Crippen molar-refractivity contribution in [3.63, 3.8) is 0 Å². The number of hydrogen-bond acceptors (Lipinski definition) is 4. The van der Waals surface area contributed by atoms with Gasteiger partial charge in [-0.25, -0.2) is 0 Å². The van der Waals surface area contributed by atoms with Crippen LogP contribution in [0.2, 0.25) is 0 Å². The molecule has 0 unspecified atom stereocenters. The third-order valence-electron chi connectivity index (χ3n) is 1.32. The van der Waals surface area contributed by atoms with Gasteiger partial charge < -0.3 is 0 Å². The fraction of sp³-hybridized carbons (Fsp3) is 0. The molecule has 52 valence electrons. The normalized spacial score (nSPS) is 9.73. The summed E-state index contributed by atoms with van der Waals surface area (Å²) in [5.41, 5.74) is 0. The van der Waals surface area contributed by atoms with Crippen LogP contribution in [0.4, 0.5) is 0 Å². The first kappa shape index (κ1) is 6.25. The summed E-state index contributed by atoms with van der Waals surface area (Å²) in [7, 11) is 0. The van der Waals surface area contributed by atoms with Crippen molar-refractivity contribution in [3.05, 3.63) is 23.2 Å². The molecule has 0 bridgehead atoms. The zero-order chi connectivity index (χ0) is 7.68. The summed E-state index contributed by atoms with van der Waals surface area (Å²) >= 11 is 1.36. The molecule has 4 heteroatoms. The molecular weight excluding hydrogens is 158 g/mol. The van der Waals surface area contributed by atoms with Gasteiger partial charge in [-0.3, -0.25) is 0 Å². The smallest absolute Gasteiger partial charge is 0.147 e. The summed E-state index contributed by atoms with van der Waals surface area (Å²) in [6, 6.07) is 5.73. The highest BCUT2D eigenvalue weighted by molar-refractivity contribution is 7.19. The van der Waals surface area contributed by atoms with Crippen molar-refractivity contribution in [2.45, 2.75) is 0 Å². The summed E-state index contributed by atoms with van der Waals surface area (Å²) in [6.07, 6.45) is 1.62. The summed E-state index contributed by atoms with van der Waals surface area (Å²) < 4.78 is 0. The van der Waals surface area contributed by atoms with E-state index < -0.39 is 0 Å². The predicted molar refractivity (Wildman–Crippen MR) is 42.1 cm³/mol. The van der Waals surface area contributed by atoms with E-state index in [0.717, 1.165) is 10.2 Å². The number of rotatable bonds is 0. The molecule has 2 aromatic rings. The minimum Gasteiger partial charge on any atom is -0.192 e. The zero-order valence-electron chi connectivity index (χ0n) is 5.48. The van der Waals surface area contributed by atoms with Crippen molar-refractivity contribution < 1.29 is 0 Å². The number of nitriles is 1. The molecule has 11 heavy (non-hydrogen) atoms. The highest BCUT2D eigenvalue weighted by Crippen LogP contribution is 2.21. The number of aromatic nitrogens is 2. The summed E-state index contributed by atoms with van der Waals surface area (Å²) in [5, 5.41) is 17.1. The Morgan fingerprint density at radius 3 is 3.18 bits per heavy atom. The average molecular weight is 161 g/mol. The lowest BCUT2D eigenvalue weighted by atomic mass is 10.3. The Morgan fingerprint density at radius 1 is 1.55 bits per heavy atom. The number of hydrogen-bond donors (Lipinski definition) is 0. The SMILES string of the molecule is N#Cc1cc2ccnnc2s1. The molecule has 0 aliphatic carbocycles. The lowest BCUT2D eigenvalue weighted by Crippen LogP contribution is -1.73. The maximum Gasteiger partial charge on any atom is 0.147 e. The fourth-order valence-corrected chi connectivity index (χ4v) is 1.62. The first-order valence-electron chi connectivity index (χ1n) is 3.01. The monoisotopic (exact) mass is 161 g/mol. The average Bonchev–Trinajstić information content (AvgIpc) is 2.46. The lowest BCUT2D eigenvalue weighted by molar-refractivity contribution is 1.09. The Hall–Kier alpha value is -1.47. The van der Waals surface area contributed by atoms with Crippen molar-refractivity contribution in [2.24, 2.45) is 0 Å². The van der Waals surface area contributed by atoms with Crippen LogP contribution in [0.3, 0.4) is 0 Å². The van der Waals surface area contributed by atoms with E-state index in [4.69, 9.17) is 5.26 Å². The molecule has 0 aromatic carbocycles. The molecule has 0 fully saturated rings. The van der Waals surface area contributed by atoms with Crippen molar-refractivity contribution in [2.75, 3.05) is 0 Å². The van der Waals surface area contributed by atoms with Gasteiger partial charge in [-0.05, 0) is 12.1 Å². The third kappa shape index (κ3) is 0.954. The molecule has 0 aliphatic heterocycles. The van der Waals surface area contributed by atoms with Crippen LogP contribution in [0, 0.1) is 11.3 Å². The molecule has 0 atom stereocenters. The van der Waals surface area contributed by atoms with Gasteiger partial charge in [0, 0.05) is 5.39 Å². The molecular formula is C7H3N3S. The van der Waals surface area contributed by atoms with Crippen LogP contribution in [-0.2, 0) is 0 Å². The van der Waals surface area contributed by atoms with Crippen LogP contribution in [0.25, 0.3) is 10.2 Å². The molecule has 3 nitrogen and oxygen atoms in total. The van der Waals surface area contributed by atoms with Crippen LogP contribution in [0.1, 0.15) is 4.88 Å². The third-order valence-corrected chi connectivity index (χ3v) is 2.26. The van der Waals surface area contributed by atoms with E-state index in [2.05, 4.69) is 16.3 Å². The second-order valence-corrected chi connectivity index (χ2v) is 3.04. The zero-order valence-corrected chi connectivity index (χ0v) is 6.30. The minimum atomic E-state index is 0.681. The summed E-state index contributed by atoms with van der Waals surface area (Å²) in [6.45, 7) is 0. The standard InChI is InChI=1S/C7H3N3S/c8-4-6-3-5-1-2-9-10-7(5)11-6/h1-3H. The maximum atomic E-state index is 8.55. The van der Waals surface area contributed by atoms with E-state index in [1.807, 2.05) is 12.1 Å². The number of fused-ring (bicyclic) bond motifs is 1.